The average molecular weight is 291 g/mol. The van der Waals surface area contributed by atoms with E-state index in [1.807, 2.05) is 43.0 Å². The zero-order valence-corrected chi connectivity index (χ0v) is 12.9. The van der Waals surface area contributed by atoms with E-state index < -0.39 is 0 Å². The molecule has 1 fully saturated rings. The number of nitrogens with zero attached hydrogens (tertiary/aromatic N) is 1. The van der Waals surface area contributed by atoms with Crippen LogP contribution in [-0.4, -0.2) is 41.2 Å². The van der Waals surface area contributed by atoms with Crippen molar-refractivity contribution in [3.05, 3.63) is 29.8 Å². The second-order valence-electron chi connectivity index (χ2n) is 5.85. The van der Waals surface area contributed by atoms with E-state index >= 15 is 0 Å². The van der Waals surface area contributed by atoms with Gasteiger partial charge in [-0.05, 0) is 57.7 Å². The Balaban J connectivity index is 2.14. The van der Waals surface area contributed by atoms with E-state index in [0.717, 1.165) is 31.6 Å². The molecular formula is C17H25NO3. The molecule has 0 aromatic heterocycles. The molecule has 2 rings (SSSR count). The van der Waals surface area contributed by atoms with Crippen LogP contribution in [0.4, 0.5) is 0 Å². The van der Waals surface area contributed by atoms with Crippen molar-refractivity contribution in [2.75, 3.05) is 13.2 Å². The Labute approximate surface area is 126 Å². The fourth-order valence-electron chi connectivity index (χ4n) is 2.86. The predicted molar refractivity (Wildman–Crippen MR) is 82.6 cm³/mol. The van der Waals surface area contributed by atoms with Gasteiger partial charge in [-0.25, -0.2) is 0 Å². The number of aliphatic hydroxyl groups is 1. The van der Waals surface area contributed by atoms with Gasteiger partial charge in [0.2, 0.25) is 0 Å². The maximum atomic E-state index is 12.7. The van der Waals surface area contributed by atoms with Crippen molar-refractivity contribution in [2.24, 2.45) is 0 Å². The van der Waals surface area contributed by atoms with Gasteiger partial charge in [0, 0.05) is 24.8 Å². The van der Waals surface area contributed by atoms with Gasteiger partial charge in [0.1, 0.15) is 5.75 Å². The van der Waals surface area contributed by atoms with Crippen LogP contribution in [0.1, 0.15) is 49.9 Å². The van der Waals surface area contributed by atoms with Gasteiger partial charge in [-0.3, -0.25) is 4.79 Å². The molecule has 1 amide bonds. The summed E-state index contributed by atoms with van der Waals surface area (Å²) in [5.74, 6) is 0.772. The maximum Gasteiger partial charge on any atom is 0.254 e. The third-order valence-corrected chi connectivity index (χ3v) is 3.80. The van der Waals surface area contributed by atoms with Gasteiger partial charge in [-0.15, -0.1) is 0 Å². The first-order chi connectivity index (χ1) is 10.1. The summed E-state index contributed by atoms with van der Waals surface area (Å²) in [6.07, 6.45) is 3.90. The number of hydrogen-bond donors (Lipinski definition) is 1. The number of ether oxygens (including phenoxy) is 1. The summed E-state index contributed by atoms with van der Waals surface area (Å²) >= 11 is 0. The molecule has 0 bridgehead atoms. The molecule has 1 aliphatic heterocycles. The van der Waals surface area contributed by atoms with Gasteiger partial charge in [0.25, 0.3) is 5.91 Å². The molecule has 0 spiro atoms. The Morgan fingerprint density at radius 1 is 1.43 bits per heavy atom. The number of hydrogen-bond acceptors (Lipinski definition) is 3. The first kappa shape index (κ1) is 15.8. The molecule has 1 unspecified atom stereocenters. The molecule has 0 saturated carbocycles. The van der Waals surface area contributed by atoms with Crippen molar-refractivity contribution in [3.63, 3.8) is 0 Å². The maximum absolute atomic E-state index is 12.7. The molecule has 116 valence electrons. The van der Waals surface area contributed by atoms with Crippen LogP contribution in [-0.2, 0) is 0 Å². The molecule has 1 aromatic rings. The molecule has 1 aliphatic rings. The van der Waals surface area contributed by atoms with Crippen LogP contribution in [0.2, 0.25) is 0 Å². The molecule has 1 N–H and O–H groups in total. The van der Waals surface area contributed by atoms with Crippen LogP contribution in [0.5, 0.6) is 5.75 Å². The summed E-state index contributed by atoms with van der Waals surface area (Å²) in [6.45, 7) is 4.84. The van der Waals surface area contributed by atoms with Crippen LogP contribution in [0, 0.1) is 0 Å². The highest BCUT2D eigenvalue weighted by atomic mass is 16.5. The minimum Gasteiger partial charge on any atom is -0.491 e. The lowest BCUT2D eigenvalue weighted by Crippen LogP contribution is -2.44. The average Bonchev–Trinajstić information content (AvgIpc) is 2.47. The quantitative estimate of drug-likeness (QED) is 0.907. The molecule has 0 aliphatic carbocycles. The Bertz CT molecular complexity index is 471. The van der Waals surface area contributed by atoms with Gasteiger partial charge in [-0.1, -0.05) is 6.07 Å². The van der Waals surface area contributed by atoms with Gasteiger partial charge in [-0.2, -0.15) is 0 Å². The zero-order valence-electron chi connectivity index (χ0n) is 12.9. The minimum absolute atomic E-state index is 0.0438. The lowest BCUT2D eigenvalue weighted by atomic mass is 9.98. The van der Waals surface area contributed by atoms with E-state index in [2.05, 4.69) is 0 Å². The van der Waals surface area contributed by atoms with E-state index in [4.69, 9.17) is 4.74 Å². The van der Waals surface area contributed by atoms with Crippen LogP contribution in [0.15, 0.2) is 24.3 Å². The van der Waals surface area contributed by atoms with Crippen molar-refractivity contribution >= 4 is 5.91 Å². The van der Waals surface area contributed by atoms with E-state index in [1.54, 1.807) is 0 Å². The summed E-state index contributed by atoms with van der Waals surface area (Å²) in [7, 11) is 0. The molecule has 0 radical (unpaired) electrons. The van der Waals surface area contributed by atoms with Gasteiger partial charge in [0.15, 0.2) is 0 Å². The van der Waals surface area contributed by atoms with Crippen molar-refractivity contribution < 1.29 is 14.6 Å². The largest absolute Gasteiger partial charge is 0.491 e. The van der Waals surface area contributed by atoms with Gasteiger partial charge >= 0.3 is 0 Å². The Morgan fingerprint density at radius 3 is 2.95 bits per heavy atom. The SMILES string of the molecule is CC(C)Oc1cccc(C(=O)N2CCCCC2CCO)c1. The van der Waals surface area contributed by atoms with Crippen LogP contribution >= 0.6 is 0 Å². The van der Waals surface area contributed by atoms with Crippen LogP contribution in [0.3, 0.4) is 0 Å². The van der Waals surface area contributed by atoms with E-state index in [-0.39, 0.29) is 24.7 Å². The number of carbonyl (C=O) groups excluding carboxylic acids is 1. The zero-order chi connectivity index (χ0) is 15.2. The predicted octanol–water partition coefficient (Wildman–Crippen LogP) is 2.85. The molecule has 1 heterocycles. The third kappa shape index (κ3) is 4.21. The summed E-state index contributed by atoms with van der Waals surface area (Å²) in [5.41, 5.74) is 0.665. The smallest absolute Gasteiger partial charge is 0.254 e. The van der Waals surface area contributed by atoms with Crippen LogP contribution in [0.25, 0.3) is 0 Å². The Hall–Kier alpha value is -1.55. The summed E-state index contributed by atoms with van der Waals surface area (Å²) in [4.78, 5) is 14.6. The lowest BCUT2D eigenvalue weighted by molar-refractivity contribution is 0.0574. The lowest BCUT2D eigenvalue weighted by Gasteiger charge is -2.35. The van der Waals surface area contributed by atoms with Crippen molar-refractivity contribution in [1.29, 1.82) is 0 Å². The van der Waals surface area contributed by atoms with Gasteiger partial charge < -0.3 is 14.7 Å². The third-order valence-electron chi connectivity index (χ3n) is 3.80. The molecule has 1 saturated heterocycles. The molecular weight excluding hydrogens is 266 g/mol. The Kier molecular flexibility index (Phi) is 5.62. The first-order valence-corrected chi connectivity index (χ1v) is 7.80. The molecule has 21 heavy (non-hydrogen) atoms. The van der Waals surface area contributed by atoms with E-state index in [9.17, 15) is 9.90 Å². The minimum atomic E-state index is 0.0438. The fraction of sp³-hybridized carbons (Fsp3) is 0.588. The summed E-state index contributed by atoms with van der Waals surface area (Å²) in [6, 6.07) is 7.53. The number of rotatable bonds is 5. The second-order valence-corrected chi connectivity index (χ2v) is 5.85. The van der Waals surface area contributed by atoms with Crippen molar-refractivity contribution in [3.8, 4) is 5.75 Å². The number of benzene rings is 1. The number of amides is 1. The van der Waals surface area contributed by atoms with Gasteiger partial charge in [0.05, 0.1) is 6.10 Å². The topological polar surface area (TPSA) is 49.8 Å². The second kappa shape index (κ2) is 7.46. The molecule has 1 atom stereocenters. The monoisotopic (exact) mass is 291 g/mol. The highest BCUT2D eigenvalue weighted by Crippen LogP contribution is 2.23. The fourth-order valence-corrected chi connectivity index (χ4v) is 2.86. The number of aliphatic hydroxyl groups excluding tert-OH is 1. The first-order valence-electron chi connectivity index (χ1n) is 7.80. The van der Waals surface area contributed by atoms with E-state index in [0.29, 0.717) is 12.0 Å². The normalized spacial score (nSPS) is 18.9. The number of piperidine rings is 1. The summed E-state index contributed by atoms with van der Waals surface area (Å²) in [5, 5.41) is 9.17. The van der Waals surface area contributed by atoms with Crippen molar-refractivity contribution in [1.82, 2.24) is 4.90 Å². The highest BCUT2D eigenvalue weighted by molar-refractivity contribution is 5.94. The Morgan fingerprint density at radius 2 is 2.24 bits per heavy atom. The molecule has 4 nitrogen and oxygen atoms in total. The highest BCUT2D eigenvalue weighted by Gasteiger charge is 2.27. The number of likely N-dealkylation sites (tertiary alicyclic amines) is 1. The summed E-state index contributed by atoms with van der Waals surface area (Å²) < 4.78 is 5.66. The van der Waals surface area contributed by atoms with Crippen LogP contribution < -0.4 is 4.74 Å². The molecule has 1 aromatic carbocycles. The van der Waals surface area contributed by atoms with E-state index in [1.165, 1.54) is 0 Å². The number of carbonyl (C=O) groups is 1. The van der Waals surface area contributed by atoms with Crippen molar-refractivity contribution in [2.45, 2.75) is 51.7 Å². The standard InChI is InChI=1S/C17H25NO3/c1-13(2)21-16-8-5-6-14(12-16)17(20)18-10-4-3-7-15(18)9-11-19/h5-6,8,12-13,15,19H,3-4,7,9-11H2,1-2H3. The molecule has 4 heteroatoms.